The Morgan fingerprint density at radius 3 is 2.68 bits per heavy atom. The minimum atomic E-state index is 0.755. The third-order valence-electron chi connectivity index (χ3n) is 6.18. The van der Waals surface area contributed by atoms with Gasteiger partial charge in [0.1, 0.15) is 18.0 Å². The molecule has 2 aromatic rings. The molecule has 3 aliphatic rings. The Balaban J connectivity index is 1.24. The number of aryl methyl sites for hydroxylation is 2. The molecule has 2 atom stereocenters. The molecule has 2 saturated heterocycles. The number of fused-ring (bicyclic) bond motifs is 2. The van der Waals surface area contributed by atoms with Gasteiger partial charge >= 0.3 is 0 Å². The van der Waals surface area contributed by atoms with Crippen LogP contribution in [0, 0.1) is 18.8 Å². The maximum absolute atomic E-state index is 4.72. The predicted molar refractivity (Wildman–Crippen MR) is 96.4 cm³/mol. The SMILES string of the molecule is Cc1cncnc1N1CC2CN(Cc3ncc4n3CCCC4)CC2C1. The third kappa shape index (κ3) is 2.72. The number of aromatic nitrogens is 4. The Bertz CT molecular complexity index is 755. The topological polar surface area (TPSA) is 50.1 Å². The molecular formula is C19H26N6. The second kappa shape index (κ2) is 6.09. The van der Waals surface area contributed by atoms with Crippen LogP contribution in [0.3, 0.4) is 0 Å². The van der Waals surface area contributed by atoms with E-state index in [4.69, 9.17) is 4.98 Å². The molecule has 0 bridgehead atoms. The summed E-state index contributed by atoms with van der Waals surface area (Å²) in [4.78, 5) is 18.4. The van der Waals surface area contributed by atoms with Crippen molar-refractivity contribution < 1.29 is 0 Å². The first-order chi connectivity index (χ1) is 12.3. The van der Waals surface area contributed by atoms with Gasteiger partial charge in [-0.3, -0.25) is 4.90 Å². The van der Waals surface area contributed by atoms with Crippen molar-refractivity contribution in [3.8, 4) is 0 Å². The highest BCUT2D eigenvalue weighted by Crippen LogP contribution is 2.34. The summed E-state index contributed by atoms with van der Waals surface area (Å²) >= 11 is 0. The lowest BCUT2D eigenvalue weighted by Crippen LogP contribution is -2.30. The average Bonchev–Trinajstić information content (AvgIpc) is 3.29. The number of anilines is 1. The summed E-state index contributed by atoms with van der Waals surface area (Å²) < 4.78 is 2.47. The van der Waals surface area contributed by atoms with Gasteiger partial charge in [0, 0.05) is 56.4 Å². The van der Waals surface area contributed by atoms with Gasteiger partial charge in [-0.05, 0) is 38.0 Å². The van der Waals surface area contributed by atoms with E-state index in [1.807, 2.05) is 6.20 Å². The number of rotatable bonds is 3. The van der Waals surface area contributed by atoms with Crippen molar-refractivity contribution in [1.29, 1.82) is 0 Å². The molecule has 0 radical (unpaired) electrons. The Kier molecular flexibility index (Phi) is 3.73. The molecule has 6 nitrogen and oxygen atoms in total. The van der Waals surface area contributed by atoms with E-state index in [9.17, 15) is 0 Å². The molecule has 0 amide bonds. The highest BCUT2D eigenvalue weighted by atomic mass is 15.3. The van der Waals surface area contributed by atoms with Gasteiger partial charge in [-0.1, -0.05) is 0 Å². The van der Waals surface area contributed by atoms with E-state index in [0.29, 0.717) is 0 Å². The second-order valence-corrected chi connectivity index (χ2v) is 7.92. The number of likely N-dealkylation sites (tertiary alicyclic amines) is 1. The monoisotopic (exact) mass is 338 g/mol. The quantitative estimate of drug-likeness (QED) is 0.855. The van der Waals surface area contributed by atoms with Gasteiger partial charge in [-0.2, -0.15) is 0 Å². The van der Waals surface area contributed by atoms with Crippen molar-refractivity contribution in [1.82, 2.24) is 24.4 Å². The van der Waals surface area contributed by atoms with Crippen LogP contribution < -0.4 is 4.90 Å². The van der Waals surface area contributed by atoms with Gasteiger partial charge in [0.15, 0.2) is 0 Å². The first-order valence-electron chi connectivity index (χ1n) is 9.55. The van der Waals surface area contributed by atoms with Crippen LogP contribution in [0.1, 0.15) is 29.9 Å². The first kappa shape index (κ1) is 15.3. The van der Waals surface area contributed by atoms with E-state index < -0.39 is 0 Å². The molecule has 132 valence electrons. The molecule has 0 aliphatic carbocycles. The van der Waals surface area contributed by atoms with Gasteiger partial charge in [-0.15, -0.1) is 0 Å². The maximum atomic E-state index is 4.72. The van der Waals surface area contributed by atoms with Gasteiger partial charge in [0.2, 0.25) is 0 Å². The zero-order valence-electron chi connectivity index (χ0n) is 14.9. The van der Waals surface area contributed by atoms with Crippen LogP contribution in [0.25, 0.3) is 0 Å². The minimum Gasteiger partial charge on any atom is -0.356 e. The van der Waals surface area contributed by atoms with Gasteiger partial charge in [-0.25, -0.2) is 15.0 Å². The van der Waals surface area contributed by atoms with Crippen LogP contribution >= 0.6 is 0 Å². The Morgan fingerprint density at radius 1 is 1.04 bits per heavy atom. The molecule has 0 saturated carbocycles. The van der Waals surface area contributed by atoms with Crippen LogP contribution in [0.5, 0.6) is 0 Å². The second-order valence-electron chi connectivity index (χ2n) is 7.92. The summed E-state index contributed by atoms with van der Waals surface area (Å²) in [6.07, 6.45) is 9.51. The molecule has 6 heteroatoms. The molecule has 25 heavy (non-hydrogen) atoms. The van der Waals surface area contributed by atoms with E-state index in [2.05, 4.69) is 37.5 Å². The normalized spacial score (nSPS) is 26.0. The smallest absolute Gasteiger partial charge is 0.134 e. The number of nitrogens with zero attached hydrogens (tertiary/aromatic N) is 6. The van der Waals surface area contributed by atoms with Crippen LogP contribution in [-0.2, 0) is 19.5 Å². The first-order valence-corrected chi connectivity index (χ1v) is 9.55. The summed E-state index contributed by atoms with van der Waals surface area (Å²) in [7, 11) is 0. The molecule has 5 rings (SSSR count). The summed E-state index contributed by atoms with van der Waals surface area (Å²) in [6, 6.07) is 0. The van der Waals surface area contributed by atoms with E-state index in [1.54, 1.807) is 6.33 Å². The summed E-state index contributed by atoms with van der Waals surface area (Å²) in [6.45, 7) is 8.90. The molecule has 0 spiro atoms. The Morgan fingerprint density at radius 2 is 1.88 bits per heavy atom. The van der Waals surface area contributed by atoms with Gasteiger partial charge in [0.25, 0.3) is 0 Å². The maximum Gasteiger partial charge on any atom is 0.134 e. The fraction of sp³-hybridized carbons (Fsp3) is 0.632. The largest absolute Gasteiger partial charge is 0.356 e. The Hall–Kier alpha value is -1.95. The van der Waals surface area contributed by atoms with Crippen molar-refractivity contribution in [3.63, 3.8) is 0 Å². The lowest BCUT2D eigenvalue weighted by Gasteiger charge is -2.24. The molecule has 3 aliphatic heterocycles. The van der Waals surface area contributed by atoms with E-state index in [0.717, 1.165) is 43.8 Å². The summed E-state index contributed by atoms with van der Waals surface area (Å²) in [5.74, 6) is 3.91. The number of hydrogen-bond donors (Lipinski definition) is 0. The van der Waals surface area contributed by atoms with E-state index >= 15 is 0 Å². The fourth-order valence-corrected chi connectivity index (χ4v) is 4.94. The molecule has 2 unspecified atom stereocenters. The minimum absolute atomic E-state index is 0.755. The molecular weight excluding hydrogens is 312 g/mol. The van der Waals surface area contributed by atoms with Crippen molar-refractivity contribution >= 4 is 5.82 Å². The molecule has 0 N–H and O–H groups in total. The molecule has 2 fully saturated rings. The van der Waals surface area contributed by atoms with Crippen molar-refractivity contribution in [2.45, 2.75) is 39.3 Å². The van der Waals surface area contributed by atoms with Gasteiger partial charge in [0.05, 0.1) is 6.54 Å². The van der Waals surface area contributed by atoms with Crippen molar-refractivity contribution in [2.24, 2.45) is 11.8 Å². The van der Waals surface area contributed by atoms with Crippen molar-refractivity contribution in [2.75, 3.05) is 31.1 Å². The van der Waals surface area contributed by atoms with E-state index in [-0.39, 0.29) is 0 Å². The summed E-state index contributed by atoms with van der Waals surface area (Å²) in [5, 5.41) is 0. The fourth-order valence-electron chi connectivity index (χ4n) is 4.94. The predicted octanol–water partition coefficient (Wildman–Crippen LogP) is 1.89. The highest BCUT2D eigenvalue weighted by molar-refractivity contribution is 5.46. The highest BCUT2D eigenvalue weighted by Gasteiger charge is 2.40. The van der Waals surface area contributed by atoms with Crippen LogP contribution in [0.4, 0.5) is 5.82 Å². The lowest BCUT2D eigenvalue weighted by molar-refractivity contribution is 0.293. The van der Waals surface area contributed by atoms with Gasteiger partial charge < -0.3 is 9.47 Å². The van der Waals surface area contributed by atoms with E-state index in [1.165, 1.54) is 49.4 Å². The average molecular weight is 338 g/mol. The molecule has 0 aromatic carbocycles. The van der Waals surface area contributed by atoms with Crippen LogP contribution in [0.2, 0.25) is 0 Å². The third-order valence-corrected chi connectivity index (χ3v) is 6.18. The summed E-state index contributed by atoms with van der Waals surface area (Å²) in [5.41, 5.74) is 2.62. The lowest BCUT2D eigenvalue weighted by atomic mass is 10.0. The van der Waals surface area contributed by atoms with Crippen molar-refractivity contribution in [3.05, 3.63) is 35.8 Å². The Labute approximate surface area is 148 Å². The zero-order valence-corrected chi connectivity index (χ0v) is 14.9. The molecule has 5 heterocycles. The number of imidazole rings is 1. The van der Waals surface area contributed by atoms with Crippen LogP contribution in [0.15, 0.2) is 18.7 Å². The molecule has 2 aromatic heterocycles. The zero-order chi connectivity index (χ0) is 16.8. The standard InChI is InChI=1S/C19H26N6/c1-14-6-20-13-22-19(14)24-10-15-8-23(9-16(15)11-24)12-18-21-7-17-4-2-3-5-25(17)18/h6-7,13,15-16H,2-5,8-12H2,1H3. The van der Waals surface area contributed by atoms with Crippen LogP contribution in [-0.4, -0.2) is 50.6 Å². The number of hydrogen-bond acceptors (Lipinski definition) is 5.